The summed E-state index contributed by atoms with van der Waals surface area (Å²) in [6.07, 6.45) is 0. The molecule has 0 unspecified atom stereocenters. The summed E-state index contributed by atoms with van der Waals surface area (Å²) in [5.41, 5.74) is 5.31. The van der Waals surface area contributed by atoms with Crippen LogP contribution in [0.2, 0.25) is 0 Å². The van der Waals surface area contributed by atoms with Crippen LogP contribution in [0, 0.1) is 0 Å². The normalized spacial score (nSPS) is 13.6. The minimum absolute atomic E-state index is 0.0578. The highest BCUT2D eigenvalue weighted by Crippen LogP contribution is 2.47. The van der Waals surface area contributed by atoms with Crippen LogP contribution in [-0.2, 0) is 21.7 Å². The fourth-order valence-corrected chi connectivity index (χ4v) is 3.88. The maximum atomic E-state index is 11.4. The van der Waals surface area contributed by atoms with E-state index in [2.05, 4.69) is 101 Å². The van der Waals surface area contributed by atoms with E-state index in [0.717, 1.165) is 27.8 Å². The Balaban J connectivity index is 3.01. The molecule has 2 heteroatoms. The van der Waals surface area contributed by atoms with Gasteiger partial charge < -0.3 is 10.2 Å². The van der Waals surface area contributed by atoms with Crippen LogP contribution in [0.1, 0.15) is 105 Å². The molecule has 0 saturated heterocycles. The zero-order chi connectivity index (χ0) is 23.4. The summed E-state index contributed by atoms with van der Waals surface area (Å²) < 4.78 is 0. The molecule has 0 atom stereocenters. The van der Waals surface area contributed by atoms with Gasteiger partial charge in [-0.25, -0.2) is 0 Å². The zero-order valence-electron chi connectivity index (χ0n) is 21.2. The first kappa shape index (κ1) is 24.3. The first-order chi connectivity index (χ1) is 13.2. The Kier molecular flexibility index (Phi) is 5.93. The topological polar surface area (TPSA) is 40.5 Å². The number of hydrogen-bond acceptors (Lipinski definition) is 2. The van der Waals surface area contributed by atoms with Crippen molar-refractivity contribution >= 4 is 0 Å². The molecule has 2 aromatic rings. The molecule has 0 spiro atoms. The van der Waals surface area contributed by atoms with Gasteiger partial charge in [0.05, 0.1) is 0 Å². The smallest absolute Gasteiger partial charge is 0.127 e. The molecule has 0 aliphatic carbocycles. The molecule has 2 nitrogen and oxygen atoms in total. The van der Waals surface area contributed by atoms with Gasteiger partial charge in [0.15, 0.2) is 0 Å². The van der Waals surface area contributed by atoms with E-state index < -0.39 is 0 Å². The summed E-state index contributed by atoms with van der Waals surface area (Å²) in [4.78, 5) is 0. The molecular formula is C28H42O2. The highest BCUT2D eigenvalue weighted by atomic mass is 16.3. The Morgan fingerprint density at radius 2 is 0.933 bits per heavy atom. The summed E-state index contributed by atoms with van der Waals surface area (Å²) in [5, 5.41) is 22.3. The minimum atomic E-state index is -0.199. The van der Waals surface area contributed by atoms with Crippen molar-refractivity contribution in [2.75, 3.05) is 0 Å². The second kappa shape index (κ2) is 7.32. The van der Waals surface area contributed by atoms with Crippen LogP contribution in [0.5, 0.6) is 11.5 Å². The zero-order valence-corrected chi connectivity index (χ0v) is 21.2. The van der Waals surface area contributed by atoms with Gasteiger partial charge >= 0.3 is 0 Å². The third-order valence-electron chi connectivity index (χ3n) is 5.83. The molecule has 0 bridgehead atoms. The molecule has 166 valence electrons. The molecule has 0 fully saturated rings. The van der Waals surface area contributed by atoms with Crippen molar-refractivity contribution in [2.24, 2.45) is 0 Å². The Morgan fingerprint density at radius 3 is 1.33 bits per heavy atom. The summed E-state index contributed by atoms with van der Waals surface area (Å²) in [6.45, 7) is 25.9. The maximum Gasteiger partial charge on any atom is 0.127 e. The van der Waals surface area contributed by atoms with E-state index in [1.807, 2.05) is 6.07 Å². The van der Waals surface area contributed by atoms with E-state index in [1.54, 1.807) is 0 Å². The number of rotatable bonds is 1. The van der Waals surface area contributed by atoms with E-state index in [4.69, 9.17) is 0 Å². The lowest BCUT2D eigenvalue weighted by Gasteiger charge is -2.31. The fraction of sp³-hybridized carbons (Fsp3) is 0.571. The number of phenols is 2. The Labute approximate surface area is 184 Å². The number of aromatic hydroxyl groups is 2. The predicted molar refractivity (Wildman–Crippen MR) is 130 cm³/mol. The van der Waals surface area contributed by atoms with E-state index in [9.17, 15) is 10.2 Å². The van der Waals surface area contributed by atoms with Crippen molar-refractivity contribution in [3.05, 3.63) is 46.5 Å². The monoisotopic (exact) mass is 410 g/mol. The lowest BCUT2D eigenvalue weighted by molar-refractivity contribution is 0.443. The first-order valence-electron chi connectivity index (χ1n) is 11.0. The number of phenolic OH excluding ortho intramolecular Hbond substituents is 2. The highest BCUT2D eigenvalue weighted by molar-refractivity contribution is 5.79. The van der Waals surface area contributed by atoms with Crippen LogP contribution in [0.25, 0.3) is 11.1 Å². The molecule has 0 radical (unpaired) electrons. The standard InChI is InChI=1S/C28H42O2/c1-25(2,3)17-13-19(24(30)22(14-17)28(10,11)12)18-15-23(29)21(27(7,8)9)16-20(18)26(4,5)6/h13-16,29-30H,1-12H3. The lowest BCUT2D eigenvalue weighted by atomic mass is 9.74. The van der Waals surface area contributed by atoms with Crippen molar-refractivity contribution in [1.82, 2.24) is 0 Å². The molecule has 2 rings (SSSR count). The van der Waals surface area contributed by atoms with Gasteiger partial charge in [0, 0.05) is 11.1 Å². The third kappa shape index (κ3) is 4.85. The van der Waals surface area contributed by atoms with Crippen LogP contribution in [-0.4, -0.2) is 10.2 Å². The van der Waals surface area contributed by atoms with Crippen molar-refractivity contribution < 1.29 is 10.2 Å². The summed E-state index contributed by atoms with van der Waals surface area (Å²) in [7, 11) is 0. The van der Waals surface area contributed by atoms with Gasteiger partial charge in [-0.3, -0.25) is 0 Å². The average molecular weight is 411 g/mol. The Hall–Kier alpha value is -1.96. The molecule has 2 aromatic carbocycles. The van der Waals surface area contributed by atoms with Gasteiger partial charge in [-0.2, -0.15) is 0 Å². The Bertz CT molecular complexity index is 937. The molecule has 0 aliphatic heterocycles. The second-order valence-corrected chi connectivity index (χ2v) is 12.8. The molecule has 0 aliphatic rings. The van der Waals surface area contributed by atoms with Gasteiger partial charge in [0.2, 0.25) is 0 Å². The van der Waals surface area contributed by atoms with Crippen molar-refractivity contribution in [3.63, 3.8) is 0 Å². The van der Waals surface area contributed by atoms with Gasteiger partial charge in [-0.15, -0.1) is 0 Å². The van der Waals surface area contributed by atoms with E-state index >= 15 is 0 Å². The van der Waals surface area contributed by atoms with Crippen LogP contribution >= 0.6 is 0 Å². The summed E-state index contributed by atoms with van der Waals surface area (Å²) in [6, 6.07) is 8.23. The maximum absolute atomic E-state index is 11.4. The quantitative estimate of drug-likeness (QED) is 0.500. The van der Waals surface area contributed by atoms with E-state index in [1.165, 1.54) is 5.56 Å². The molecule has 0 saturated carbocycles. The fourth-order valence-electron chi connectivity index (χ4n) is 3.88. The summed E-state index contributed by atoms with van der Waals surface area (Å²) in [5.74, 6) is 0.590. The largest absolute Gasteiger partial charge is 0.508 e. The first-order valence-corrected chi connectivity index (χ1v) is 11.0. The number of benzene rings is 2. The summed E-state index contributed by atoms with van der Waals surface area (Å²) >= 11 is 0. The molecule has 0 aromatic heterocycles. The van der Waals surface area contributed by atoms with E-state index in [0.29, 0.717) is 5.75 Å². The van der Waals surface area contributed by atoms with Gasteiger partial charge in [-0.1, -0.05) is 95.2 Å². The molecule has 0 heterocycles. The lowest BCUT2D eigenvalue weighted by Crippen LogP contribution is -2.19. The van der Waals surface area contributed by atoms with Crippen LogP contribution in [0.3, 0.4) is 0 Å². The predicted octanol–water partition coefficient (Wildman–Crippen LogP) is 7.95. The molecular weight excluding hydrogens is 368 g/mol. The SMILES string of the molecule is CC(C)(C)c1cc(-c2cc(O)c(C(C)(C)C)cc2C(C)(C)C)c(O)c(C(C)(C)C)c1. The van der Waals surface area contributed by atoms with Gasteiger partial charge in [0.1, 0.15) is 11.5 Å². The van der Waals surface area contributed by atoms with Gasteiger partial charge in [-0.05, 0) is 56.0 Å². The van der Waals surface area contributed by atoms with Crippen LogP contribution < -0.4 is 0 Å². The molecule has 30 heavy (non-hydrogen) atoms. The molecule has 0 amide bonds. The highest BCUT2D eigenvalue weighted by Gasteiger charge is 2.30. The van der Waals surface area contributed by atoms with Crippen molar-refractivity contribution in [1.29, 1.82) is 0 Å². The second-order valence-electron chi connectivity index (χ2n) is 12.8. The average Bonchev–Trinajstić information content (AvgIpc) is 2.50. The third-order valence-corrected chi connectivity index (χ3v) is 5.83. The van der Waals surface area contributed by atoms with E-state index in [-0.39, 0.29) is 27.4 Å². The number of hydrogen-bond donors (Lipinski definition) is 2. The van der Waals surface area contributed by atoms with Crippen molar-refractivity contribution in [2.45, 2.75) is 105 Å². The van der Waals surface area contributed by atoms with Crippen molar-refractivity contribution in [3.8, 4) is 22.6 Å². The van der Waals surface area contributed by atoms with Crippen LogP contribution in [0.15, 0.2) is 24.3 Å². The van der Waals surface area contributed by atoms with Crippen LogP contribution in [0.4, 0.5) is 0 Å². The minimum Gasteiger partial charge on any atom is -0.508 e. The Morgan fingerprint density at radius 1 is 0.467 bits per heavy atom. The molecule has 2 N–H and O–H groups in total. The van der Waals surface area contributed by atoms with Gasteiger partial charge in [0.25, 0.3) is 0 Å².